The largest absolute Gasteiger partial charge is 0.489 e. The maximum atomic E-state index is 6.02. The van der Waals surface area contributed by atoms with E-state index in [0.717, 1.165) is 12.2 Å². The van der Waals surface area contributed by atoms with Gasteiger partial charge in [-0.3, -0.25) is 0 Å². The Hall–Kier alpha value is -1.76. The number of hydrogen-bond acceptors (Lipinski definition) is 1. The van der Waals surface area contributed by atoms with Crippen LogP contribution >= 0.6 is 0 Å². The van der Waals surface area contributed by atoms with Gasteiger partial charge in [-0.05, 0) is 34.6 Å². The molecule has 0 unspecified atom stereocenters. The summed E-state index contributed by atoms with van der Waals surface area (Å²) in [7, 11) is 0. The molecular weight excluding hydrogens is 244 g/mol. The van der Waals surface area contributed by atoms with Crippen LogP contribution in [0, 0.1) is 0 Å². The number of para-hydroxylation sites is 1. The molecular formula is C19H24O. The first-order valence-corrected chi connectivity index (χ1v) is 7.31. The van der Waals surface area contributed by atoms with Crippen LogP contribution in [0.1, 0.15) is 44.4 Å². The second-order valence-electron chi connectivity index (χ2n) is 6.20. The van der Waals surface area contributed by atoms with E-state index in [2.05, 4.69) is 70.2 Å². The Bertz CT molecular complexity index is 547. The van der Waals surface area contributed by atoms with E-state index in [1.807, 2.05) is 6.07 Å². The van der Waals surface area contributed by atoms with E-state index >= 15 is 0 Å². The van der Waals surface area contributed by atoms with E-state index in [1.54, 1.807) is 0 Å². The molecule has 0 heterocycles. The van der Waals surface area contributed by atoms with Crippen LogP contribution in [0.2, 0.25) is 0 Å². The van der Waals surface area contributed by atoms with Gasteiger partial charge in [-0.15, -0.1) is 0 Å². The Kier molecular flexibility index (Phi) is 4.49. The highest BCUT2D eigenvalue weighted by Gasteiger charge is 2.18. The second kappa shape index (κ2) is 6.13. The molecule has 2 aromatic rings. The molecule has 0 saturated carbocycles. The molecule has 0 bridgehead atoms. The summed E-state index contributed by atoms with van der Waals surface area (Å²) < 4.78 is 6.02. The van der Waals surface area contributed by atoms with Gasteiger partial charge in [0.15, 0.2) is 0 Å². The molecule has 20 heavy (non-hydrogen) atoms. The molecule has 0 fully saturated rings. The molecule has 0 atom stereocenters. The van der Waals surface area contributed by atoms with Crippen LogP contribution in [0.25, 0.3) is 0 Å². The first-order valence-electron chi connectivity index (χ1n) is 7.31. The summed E-state index contributed by atoms with van der Waals surface area (Å²) in [4.78, 5) is 0. The maximum Gasteiger partial charge on any atom is 0.123 e. The predicted octanol–water partition coefficient (Wildman–Crippen LogP) is 5.13. The molecule has 0 N–H and O–H groups in total. The highest BCUT2D eigenvalue weighted by Crippen LogP contribution is 2.31. The van der Waals surface area contributed by atoms with Gasteiger partial charge < -0.3 is 4.74 Å². The second-order valence-corrected chi connectivity index (χ2v) is 6.20. The van der Waals surface area contributed by atoms with E-state index in [-0.39, 0.29) is 5.41 Å². The van der Waals surface area contributed by atoms with Crippen molar-refractivity contribution in [3.05, 3.63) is 65.2 Å². The number of benzene rings is 2. The van der Waals surface area contributed by atoms with E-state index in [4.69, 9.17) is 4.74 Å². The molecule has 1 heteroatoms. The van der Waals surface area contributed by atoms with Crippen molar-refractivity contribution in [2.45, 2.75) is 46.1 Å². The van der Waals surface area contributed by atoms with Crippen LogP contribution in [0.3, 0.4) is 0 Å². The Balaban J connectivity index is 2.10. The zero-order chi connectivity index (χ0) is 14.6. The highest BCUT2D eigenvalue weighted by molar-refractivity contribution is 5.38. The van der Waals surface area contributed by atoms with E-state index in [9.17, 15) is 0 Å². The van der Waals surface area contributed by atoms with Crippen molar-refractivity contribution in [2.24, 2.45) is 0 Å². The monoisotopic (exact) mass is 268 g/mol. The molecule has 1 nitrogen and oxygen atoms in total. The van der Waals surface area contributed by atoms with Crippen LogP contribution in [-0.2, 0) is 18.4 Å². The van der Waals surface area contributed by atoms with Crippen molar-refractivity contribution in [3.8, 4) is 5.75 Å². The summed E-state index contributed by atoms with van der Waals surface area (Å²) in [5, 5.41) is 0. The molecule has 0 amide bonds. The molecule has 0 aliphatic carbocycles. The quantitative estimate of drug-likeness (QED) is 0.747. The topological polar surface area (TPSA) is 9.23 Å². The average molecular weight is 268 g/mol. The lowest BCUT2D eigenvalue weighted by Crippen LogP contribution is -2.13. The van der Waals surface area contributed by atoms with Crippen molar-refractivity contribution in [1.29, 1.82) is 0 Å². The molecule has 2 aromatic carbocycles. The fraction of sp³-hybridized carbons (Fsp3) is 0.368. The predicted molar refractivity (Wildman–Crippen MR) is 85.3 cm³/mol. The first-order chi connectivity index (χ1) is 9.50. The van der Waals surface area contributed by atoms with Crippen molar-refractivity contribution < 1.29 is 4.74 Å². The van der Waals surface area contributed by atoms with Gasteiger partial charge in [0.25, 0.3) is 0 Å². The van der Waals surface area contributed by atoms with Gasteiger partial charge in [-0.1, -0.05) is 70.2 Å². The van der Waals surface area contributed by atoms with Gasteiger partial charge in [-0.25, -0.2) is 0 Å². The Morgan fingerprint density at radius 2 is 1.45 bits per heavy atom. The summed E-state index contributed by atoms with van der Waals surface area (Å²) in [5.74, 6) is 0.986. The minimum absolute atomic E-state index is 0.0999. The summed E-state index contributed by atoms with van der Waals surface area (Å²) >= 11 is 0. The molecule has 0 saturated heterocycles. The smallest absolute Gasteiger partial charge is 0.123 e. The van der Waals surface area contributed by atoms with Gasteiger partial charge in [-0.2, -0.15) is 0 Å². The Morgan fingerprint density at radius 1 is 0.850 bits per heavy atom. The fourth-order valence-corrected chi connectivity index (χ4v) is 2.24. The van der Waals surface area contributed by atoms with Crippen molar-refractivity contribution in [3.63, 3.8) is 0 Å². The number of hydrogen-bond donors (Lipinski definition) is 0. The molecule has 0 spiro atoms. The standard InChI is InChI=1S/C19H24O/c1-5-15-10-12-16(13-11-15)14-20-18-9-7-6-8-17(18)19(2,3)4/h6-13H,5,14H2,1-4H3. The lowest BCUT2D eigenvalue weighted by atomic mass is 9.86. The van der Waals surface area contributed by atoms with Crippen molar-refractivity contribution in [2.75, 3.05) is 0 Å². The summed E-state index contributed by atoms with van der Waals surface area (Å²) in [5.41, 5.74) is 3.93. The Morgan fingerprint density at radius 3 is 2.05 bits per heavy atom. The van der Waals surface area contributed by atoms with Crippen LogP contribution in [0.4, 0.5) is 0 Å². The van der Waals surface area contributed by atoms with Crippen molar-refractivity contribution >= 4 is 0 Å². The van der Waals surface area contributed by atoms with Crippen LogP contribution in [0.5, 0.6) is 5.75 Å². The van der Waals surface area contributed by atoms with Crippen LogP contribution in [0.15, 0.2) is 48.5 Å². The van der Waals surface area contributed by atoms with Gasteiger partial charge in [0, 0.05) is 0 Å². The fourth-order valence-electron chi connectivity index (χ4n) is 2.24. The normalized spacial score (nSPS) is 11.4. The van der Waals surface area contributed by atoms with E-state index < -0.39 is 0 Å². The third-order valence-corrected chi connectivity index (χ3v) is 3.52. The summed E-state index contributed by atoms with van der Waals surface area (Å²) in [6, 6.07) is 17.0. The summed E-state index contributed by atoms with van der Waals surface area (Å²) in [6.45, 7) is 9.43. The van der Waals surface area contributed by atoms with E-state index in [0.29, 0.717) is 6.61 Å². The van der Waals surface area contributed by atoms with Crippen molar-refractivity contribution in [1.82, 2.24) is 0 Å². The summed E-state index contributed by atoms with van der Waals surface area (Å²) in [6.07, 6.45) is 1.08. The third kappa shape index (κ3) is 3.63. The molecule has 106 valence electrons. The van der Waals surface area contributed by atoms with Gasteiger partial charge >= 0.3 is 0 Å². The zero-order valence-electron chi connectivity index (χ0n) is 12.9. The molecule has 0 aromatic heterocycles. The number of ether oxygens (including phenoxy) is 1. The molecule has 0 aliphatic rings. The third-order valence-electron chi connectivity index (χ3n) is 3.52. The lowest BCUT2D eigenvalue weighted by Gasteiger charge is -2.22. The Labute approximate surface area is 122 Å². The van der Waals surface area contributed by atoms with Gasteiger partial charge in [0.2, 0.25) is 0 Å². The maximum absolute atomic E-state index is 6.02. The first kappa shape index (κ1) is 14.6. The van der Waals surface area contributed by atoms with Gasteiger partial charge in [0.1, 0.15) is 12.4 Å². The van der Waals surface area contributed by atoms with Gasteiger partial charge in [0.05, 0.1) is 0 Å². The SMILES string of the molecule is CCc1ccc(COc2ccccc2C(C)(C)C)cc1. The lowest BCUT2D eigenvalue weighted by molar-refractivity contribution is 0.297. The minimum Gasteiger partial charge on any atom is -0.489 e. The molecule has 2 rings (SSSR count). The van der Waals surface area contributed by atoms with Crippen LogP contribution < -0.4 is 4.74 Å². The molecule has 0 aliphatic heterocycles. The number of aryl methyl sites for hydroxylation is 1. The van der Waals surface area contributed by atoms with E-state index in [1.165, 1.54) is 16.7 Å². The highest BCUT2D eigenvalue weighted by atomic mass is 16.5. The number of rotatable bonds is 4. The minimum atomic E-state index is 0.0999. The average Bonchev–Trinajstić information content (AvgIpc) is 2.45. The van der Waals surface area contributed by atoms with Crippen LogP contribution in [-0.4, -0.2) is 0 Å². The molecule has 0 radical (unpaired) electrons. The zero-order valence-corrected chi connectivity index (χ0v) is 12.9.